The van der Waals surface area contributed by atoms with E-state index in [9.17, 15) is 10.2 Å². The number of aliphatic hydroxyl groups excluding tert-OH is 2. The molecular formula is C27H26ClN7O4. The van der Waals surface area contributed by atoms with Gasteiger partial charge in [0.2, 0.25) is 5.28 Å². The molecule has 0 spiro atoms. The van der Waals surface area contributed by atoms with E-state index in [0.717, 1.165) is 11.1 Å². The number of rotatable bonds is 8. The summed E-state index contributed by atoms with van der Waals surface area (Å²) in [5.74, 6) is 1.05. The molecule has 0 radical (unpaired) electrons. The number of imidazole rings is 1. The van der Waals surface area contributed by atoms with Crippen LogP contribution in [0.25, 0.3) is 11.2 Å². The molecule has 0 unspecified atom stereocenters. The predicted octanol–water partition coefficient (Wildman–Crippen LogP) is 3.66. The Hall–Kier alpha value is -3.90. The number of nitrogens with zero attached hydrogens (tertiary/aromatic N) is 6. The maximum atomic E-state index is 10.8. The molecule has 3 aromatic heterocycles. The van der Waals surface area contributed by atoms with Gasteiger partial charge in [0.25, 0.3) is 5.89 Å². The minimum Gasteiger partial charge on any atom is -0.387 e. The van der Waals surface area contributed by atoms with Crippen LogP contribution in [0.15, 0.2) is 71.5 Å². The summed E-state index contributed by atoms with van der Waals surface area (Å²) >= 11 is 6.33. The lowest BCUT2D eigenvalue weighted by molar-refractivity contribution is -0.0451. The molecule has 200 valence electrons. The van der Waals surface area contributed by atoms with Crippen molar-refractivity contribution in [1.29, 1.82) is 0 Å². The molecule has 1 aliphatic rings. The van der Waals surface area contributed by atoms with Crippen molar-refractivity contribution in [3.63, 3.8) is 0 Å². The average molecular weight is 548 g/mol. The second kappa shape index (κ2) is 10.7. The number of anilines is 1. The molecule has 6 rings (SSSR count). The van der Waals surface area contributed by atoms with Gasteiger partial charge >= 0.3 is 0 Å². The van der Waals surface area contributed by atoms with Crippen LogP contribution >= 0.6 is 11.6 Å². The number of halogens is 1. The van der Waals surface area contributed by atoms with Crippen LogP contribution in [0.3, 0.4) is 0 Å². The third-order valence-electron chi connectivity index (χ3n) is 6.83. The monoisotopic (exact) mass is 547 g/mol. The second-order valence-corrected chi connectivity index (χ2v) is 9.59. The molecule has 0 bridgehead atoms. The highest BCUT2D eigenvalue weighted by molar-refractivity contribution is 6.28. The Morgan fingerprint density at radius 2 is 1.67 bits per heavy atom. The van der Waals surface area contributed by atoms with E-state index in [0.29, 0.717) is 35.8 Å². The van der Waals surface area contributed by atoms with Crippen LogP contribution in [0.5, 0.6) is 0 Å². The SMILES string of the molecule is CCc1noc([C@H]2O[C@@H](n3cnc4c(NCC(c5ccccc5)c5ccccc5)nc(Cl)nc43)[C@H](O)[C@@H]2O)n1. The van der Waals surface area contributed by atoms with Crippen molar-refractivity contribution in [2.75, 3.05) is 11.9 Å². The van der Waals surface area contributed by atoms with E-state index in [1.807, 2.05) is 43.3 Å². The Bertz CT molecular complexity index is 1520. The first kappa shape index (κ1) is 25.4. The van der Waals surface area contributed by atoms with Gasteiger partial charge in [-0.05, 0) is 22.7 Å². The number of aromatic nitrogens is 6. The number of ether oxygens (including phenoxy) is 1. The predicted molar refractivity (Wildman–Crippen MR) is 142 cm³/mol. The van der Waals surface area contributed by atoms with Gasteiger partial charge in [-0.2, -0.15) is 15.0 Å². The van der Waals surface area contributed by atoms with Crippen molar-refractivity contribution in [1.82, 2.24) is 29.7 Å². The number of aliphatic hydroxyl groups is 2. The number of fused-ring (bicyclic) bond motifs is 1. The molecule has 0 saturated carbocycles. The van der Waals surface area contributed by atoms with Crippen LogP contribution in [-0.4, -0.2) is 58.6 Å². The van der Waals surface area contributed by atoms with Gasteiger partial charge in [-0.1, -0.05) is 72.7 Å². The average Bonchev–Trinajstić information content (AvgIpc) is 3.68. The molecule has 5 aromatic rings. The van der Waals surface area contributed by atoms with E-state index < -0.39 is 24.5 Å². The van der Waals surface area contributed by atoms with Crippen LogP contribution in [0, 0.1) is 0 Å². The molecule has 2 aromatic carbocycles. The quantitative estimate of drug-likeness (QED) is 0.246. The fourth-order valence-corrected chi connectivity index (χ4v) is 4.98. The van der Waals surface area contributed by atoms with Gasteiger partial charge in [0.05, 0.1) is 6.33 Å². The molecule has 4 atom stereocenters. The molecular weight excluding hydrogens is 522 g/mol. The Morgan fingerprint density at radius 3 is 2.31 bits per heavy atom. The van der Waals surface area contributed by atoms with Gasteiger partial charge in [0, 0.05) is 18.9 Å². The Kier molecular flexibility index (Phi) is 6.96. The summed E-state index contributed by atoms with van der Waals surface area (Å²) in [6, 6.07) is 20.4. The Labute approximate surface area is 228 Å². The van der Waals surface area contributed by atoms with E-state index in [4.69, 9.17) is 20.9 Å². The molecule has 1 saturated heterocycles. The zero-order valence-electron chi connectivity index (χ0n) is 20.9. The zero-order chi connectivity index (χ0) is 26.9. The van der Waals surface area contributed by atoms with Crippen LogP contribution in [0.1, 0.15) is 48.0 Å². The maximum Gasteiger partial charge on any atom is 0.258 e. The van der Waals surface area contributed by atoms with Gasteiger partial charge < -0.3 is 24.8 Å². The first-order valence-corrected chi connectivity index (χ1v) is 13.0. The number of nitrogens with one attached hydrogen (secondary N) is 1. The standard InChI is InChI=1S/C27H26ClN7O4/c1-2-18-31-25(39-34-18)22-20(36)21(37)26(38-22)35-14-30-19-23(32-27(28)33-24(19)35)29-13-17(15-9-5-3-6-10-15)16-11-7-4-8-12-16/h3-12,14,17,20-22,26,36-37H,2,13H2,1H3,(H,29,32,33)/t20-,21+,22-,26+/m0/s1. The van der Waals surface area contributed by atoms with E-state index in [-0.39, 0.29) is 17.1 Å². The van der Waals surface area contributed by atoms with Crippen molar-refractivity contribution >= 4 is 28.6 Å². The van der Waals surface area contributed by atoms with Crippen molar-refractivity contribution in [2.24, 2.45) is 0 Å². The lowest BCUT2D eigenvalue weighted by Crippen LogP contribution is -2.29. The number of hydrogen-bond donors (Lipinski definition) is 3. The third-order valence-corrected chi connectivity index (χ3v) is 7.00. The highest BCUT2D eigenvalue weighted by Gasteiger charge is 2.47. The van der Waals surface area contributed by atoms with Gasteiger partial charge in [0.15, 0.2) is 35.1 Å². The second-order valence-electron chi connectivity index (χ2n) is 9.25. The summed E-state index contributed by atoms with van der Waals surface area (Å²) < 4.78 is 12.7. The van der Waals surface area contributed by atoms with Crippen molar-refractivity contribution in [3.8, 4) is 0 Å². The molecule has 12 heteroatoms. The summed E-state index contributed by atoms with van der Waals surface area (Å²) in [6.45, 7) is 2.40. The zero-order valence-corrected chi connectivity index (χ0v) is 21.7. The lowest BCUT2D eigenvalue weighted by atomic mass is 9.91. The van der Waals surface area contributed by atoms with Crippen molar-refractivity contribution in [2.45, 2.75) is 43.8 Å². The number of aryl methyl sites for hydroxylation is 1. The van der Waals surface area contributed by atoms with E-state index in [1.54, 1.807) is 0 Å². The highest BCUT2D eigenvalue weighted by Crippen LogP contribution is 2.39. The van der Waals surface area contributed by atoms with E-state index >= 15 is 0 Å². The minimum atomic E-state index is -1.31. The molecule has 1 aliphatic heterocycles. The van der Waals surface area contributed by atoms with Gasteiger partial charge in [-0.15, -0.1) is 0 Å². The van der Waals surface area contributed by atoms with Gasteiger partial charge in [-0.25, -0.2) is 4.98 Å². The molecule has 0 amide bonds. The van der Waals surface area contributed by atoms with Crippen molar-refractivity contribution < 1.29 is 19.5 Å². The van der Waals surface area contributed by atoms with Crippen LogP contribution in [0.2, 0.25) is 5.28 Å². The maximum absolute atomic E-state index is 10.8. The summed E-state index contributed by atoms with van der Waals surface area (Å²) in [5.41, 5.74) is 3.07. The summed E-state index contributed by atoms with van der Waals surface area (Å²) in [6.07, 6.45) is -2.61. The number of benzene rings is 2. The third kappa shape index (κ3) is 4.85. The lowest BCUT2D eigenvalue weighted by Gasteiger charge is -2.19. The van der Waals surface area contributed by atoms with Gasteiger partial charge in [0.1, 0.15) is 12.2 Å². The topological polar surface area (TPSA) is 144 Å². The summed E-state index contributed by atoms with van der Waals surface area (Å²) in [5, 5.41) is 28.8. The molecule has 39 heavy (non-hydrogen) atoms. The minimum absolute atomic E-state index is 0.00297. The molecule has 1 fully saturated rings. The fourth-order valence-electron chi connectivity index (χ4n) is 4.82. The Balaban J connectivity index is 1.30. The fraction of sp³-hybridized carbons (Fsp3) is 0.296. The van der Waals surface area contributed by atoms with Crippen LogP contribution < -0.4 is 5.32 Å². The molecule has 0 aliphatic carbocycles. The number of hydrogen-bond acceptors (Lipinski definition) is 10. The van der Waals surface area contributed by atoms with Crippen molar-refractivity contribution in [3.05, 3.63) is 95.1 Å². The molecule has 11 nitrogen and oxygen atoms in total. The normalized spacial score (nSPS) is 21.2. The molecule has 3 N–H and O–H groups in total. The largest absolute Gasteiger partial charge is 0.387 e. The van der Waals surface area contributed by atoms with Crippen LogP contribution in [-0.2, 0) is 11.2 Å². The first-order valence-electron chi connectivity index (χ1n) is 12.6. The summed E-state index contributed by atoms with van der Waals surface area (Å²) in [7, 11) is 0. The van der Waals surface area contributed by atoms with Gasteiger partial charge in [-0.3, -0.25) is 4.57 Å². The molecule has 4 heterocycles. The van der Waals surface area contributed by atoms with E-state index in [2.05, 4.69) is 54.7 Å². The van der Waals surface area contributed by atoms with E-state index in [1.165, 1.54) is 10.9 Å². The van der Waals surface area contributed by atoms with Crippen LogP contribution in [0.4, 0.5) is 5.82 Å². The summed E-state index contributed by atoms with van der Waals surface area (Å²) in [4.78, 5) is 17.5. The Morgan fingerprint density at radius 1 is 0.974 bits per heavy atom. The first-order chi connectivity index (χ1) is 19.0. The highest BCUT2D eigenvalue weighted by atomic mass is 35.5. The smallest absolute Gasteiger partial charge is 0.258 e.